The van der Waals surface area contributed by atoms with Gasteiger partial charge in [0.15, 0.2) is 0 Å². The second-order valence-electron chi connectivity index (χ2n) is 10.4. The predicted octanol–water partition coefficient (Wildman–Crippen LogP) is 9.84. The van der Waals surface area contributed by atoms with Crippen LogP contribution >= 0.6 is 0 Å². The van der Waals surface area contributed by atoms with Crippen molar-refractivity contribution < 1.29 is 0 Å². The van der Waals surface area contributed by atoms with E-state index in [1.807, 2.05) is 12.2 Å². The summed E-state index contributed by atoms with van der Waals surface area (Å²) >= 11 is 0. The van der Waals surface area contributed by atoms with E-state index in [-0.39, 0.29) is 0 Å². The third-order valence-corrected chi connectivity index (χ3v) is 7.84. The zero-order valence-electron chi connectivity index (χ0n) is 22.7. The molecule has 7 aromatic rings. The molecule has 0 spiro atoms. The first-order valence-electron chi connectivity index (χ1n) is 14.0. The van der Waals surface area contributed by atoms with Crippen LogP contribution in [0.15, 0.2) is 158 Å². The average Bonchev–Trinajstić information content (AvgIpc) is 3.38. The van der Waals surface area contributed by atoms with Crippen LogP contribution < -0.4 is 5.73 Å². The Morgan fingerprint density at radius 3 is 2.02 bits per heavy atom. The van der Waals surface area contributed by atoms with Gasteiger partial charge in [0, 0.05) is 21.8 Å². The maximum Gasteiger partial charge on any atom is 0.0619 e. The highest BCUT2D eigenvalue weighted by molar-refractivity contribution is 6.19. The maximum atomic E-state index is 5.49. The van der Waals surface area contributed by atoms with E-state index < -0.39 is 0 Å². The number of benzene rings is 6. The van der Waals surface area contributed by atoms with Gasteiger partial charge in [0.25, 0.3) is 0 Å². The summed E-state index contributed by atoms with van der Waals surface area (Å²) in [6.07, 6.45) is 8.41. The molecule has 6 aromatic carbocycles. The Morgan fingerprint density at radius 2 is 1.22 bits per heavy atom. The van der Waals surface area contributed by atoms with Gasteiger partial charge in [-0.15, -0.1) is 0 Å². The number of hydrogen-bond donors (Lipinski definition) is 1. The molecule has 0 fully saturated rings. The van der Waals surface area contributed by atoms with Gasteiger partial charge >= 0.3 is 0 Å². The third kappa shape index (κ3) is 4.60. The summed E-state index contributed by atoms with van der Waals surface area (Å²) in [7, 11) is 0. The van der Waals surface area contributed by atoms with Gasteiger partial charge < -0.3 is 10.3 Å². The first kappa shape index (κ1) is 24.7. The van der Waals surface area contributed by atoms with Gasteiger partial charge in [-0.05, 0) is 82.2 Å². The Hall–Kier alpha value is -5.34. The Labute approximate surface area is 240 Å². The van der Waals surface area contributed by atoms with Crippen molar-refractivity contribution in [3.63, 3.8) is 0 Å². The quantitative estimate of drug-likeness (QED) is 0.215. The van der Waals surface area contributed by atoms with Crippen LogP contribution in [0.1, 0.15) is 5.56 Å². The van der Waals surface area contributed by atoms with Gasteiger partial charge in [-0.2, -0.15) is 0 Å². The molecule has 2 nitrogen and oxygen atoms in total. The molecular formula is C39H30N2. The first-order valence-corrected chi connectivity index (χ1v) is 14.0. The van der Waals surface area contributed by atoms with Crippen molar-refractivity contribution in [2.24, 2.45) is 5.73 Å². The van der Waals surface area contributed by atoms with Gasteiger partial charge in [-0.1, -0.05) is 115 Å². The van der Waals surface area contributed by atoms with E-state index in [2.05, 4.69) is 144 Å². The molecule has 1 aromatic heterocycles. The summed E-state index contributed by atoms with van der Waals surface area (Å²) in [6.45, 7) is 0. The van der Waals surface area contributed by atoms with Gasteiger partial charge in [0.2, 0.25) is 0 Å². The average molecular weight is 527 g/mol. The summed E-state index contributed by atoms with van der Waals surface area (Å²) < 4.78 is 2.43. The fourth-order valence-electron chi connectivity index (χ4n) is 5.89. The maximum absolute atomic E-state index is 5.49. The second-order valence-corrected chi connectivity index (χ2v) is 10.4. The minimum Gasteiger partial charge on any atom is -0.405 e. The lowest BCUT2D eigenvalue weighted by Gasteiger charge is -2.11. The lowest BCUT2D eigenvalue weighted by molar-refractivity contribution is 1.18. The van der Waals surface area contributed by atoms with Crippen LogP contribution in [0.3, 0.4) is 0 Å². The molecule has 0 amide bonds. The van der Waals surface area contributed by atoms with E-state index in [0.717, 1.165) is 6.42 Å². The summed E-state index contributed by atoms with van der Waals surface area (Å²) in [5, 5.41) is 5.01. The van der Waals surface area contributed by atoms with Crippen molar-refractivity contribution in [3.05, 3.63) is 163 Å². The number of nitrogens with zero attached hydrogens (tertiary/aromatic N) is 1. The van der Waals surface area contributed by atoms with Crippen molar-refractivity contribution in [3.8, 4) is 27.9 Å². The Bertz CT molecular complexity index is 2060. The number of nitrogens with two attached hydrogens (primary N) is 1. The minimum atomic E-state index is 0.850. The van der Waals surface area contributed by atoms with E-state index in [0.29, 0.717) is 0 Å². The molecule has 0 saturated carbocycles. The first-order chi connectivity index (χ1) is 20.3. The molecule has 41 heavy (non-hydrogen) atoms. The van der Waals surface area contributed by atoms with E-state index in [9.17, 15) is 0 Å². The minimum absolute atomic E-state index is 0.850. The van der Waals surface area contributed by atoms with Crippen molar-refractivity contribution >= 4 is 32.6 Å². The summed E-state index contributed by atoms with van der Waals surface area (Å²) in [4.78, 5) is 0. The zero-order chi connectivity index (χ0) is 27.6. The van der Waals surface area contributed by atoms with E-state index >= 15 is 0 Å². The number of para-hydroxylation sites is 1. The molecule has 1 heterocycles. The van der Waals surface area contributed by atoms with Gasteiger partial charge in [0.05, 0.1) is 11.0 Å². The Morgan fingerprint density at radius 1 is 0.537 bits per heavy atom. The molecule has 0 unspecified atom stereocenters. The molecule has 196 valence electrons. The van der Waals surface area contributed by atoms with Gasteiger partial charge in [0.1, 0.15) is 0 Å². The molecule has 2 N–H and O–H groups in total. The number of allylic oxidation sites excluding steroid dienone is 3. The summed E-state index contributed by atoms with van der Waals surface area (Å²) in [6, 6.07) is 48.4. The summed E-state index contributed by atoms with van der Waals surface area (Å²) in [5.74, 6) is 0. The second kappa shape index (κ2) is 10.7. The molecule has 0 saturated heterocycles. The van der Waals surface area contributed by atoms with Crippen molar-refractivity contribution in [1.82, 2.24) is 4.57 Å². The van der Waals surface area contributed by atoms with Crippen molar-refractivity contribution in [2.45, 2.75) is 6.42 Å². The molecule has 0 aliphatic heterocycles. The Kier molecular flexibility index (Phi) is 6.42. The van der Waals surface area contributed by atoms with E-state index in [1.165, 1.54) is 66.1 Å². The molecule has 0 aliphatic rings. The topological polar surface area (TPSA) is 30.9 Å². The highest BCUT2D eigenvalue weighted by Crippen LogP contribution is 2.38. The van der Waals surface area contributed by atoms with Crippen LogP contribution in [-0.2, 0) is 6.42 Å². The van der Waals surface area contributed by atoms with Gasteiger partial charge in [-0.25, -0.2) is 0 Å². The lowest BCUT2D eigenvalue weighted by Crippen LogP contribution is -1.95. The zero-order valence-corrected chi connectivity index (χ0v) is 22.7. The summed E-state index contributed by atoms with van der Waals surface area (Å²) in [5.41, 5.74) is 15.3. The molecule has 0 atom stereocenters. The van der Waals surface area contributed by atoms with Crippen LogP contribution in [-0.4, -0.2) is 4.57 Å². The third-order valence-electron chi connectivity index (χ3n) is 7.84. The van der Waals surface area contributed by atoms with Crippen LogP contribution in [0, 0.1) is 0 Å². The fraction of sp³-hybridized carbons (Fsp3) is 0.0256. The molecule has 0 bridgehead atoms. The van der Waals surface area contributed by atoms with E-state index in [4.69, 9.17) is 5.73 Å². The van der Waals surface area contributed by atoms with Crippen LogP contribution in [0.25, 0.3) is 60.5 Å². The van der Waals surface area contributed by atoms with Gasteiger partial charge in [-0.3, -0.25) is 0 Å². The standard InChI is InChI=1S/C39H30N2/c40-24-9-3-4-11-28-18-21-36-37-23-20-33-27-32(31-15-10-14-30(26-31)29-12-5-1-6-13-29)19-22-35(33)39(37)41(38(36)25-28)34-16-7-2-8-17-34/h1-10,12-27H,11,40H2/b4-3-,24-9-. The molecule has 0 aliphatic carbocycles. The number of hydrogen-bond acceptors (Lipinski definition) is 1. The Balaban J connectivity index is 1.41. The SMILES string of the molecule is N/C=C\C=C/Cc1ccc2c3ccc4cc(-c5cccc(-c6ccccc6)c5)ccc4c3n(-c3ccccc3)c2c1. The highest BCUT2D eigenvalue weighted by atomic mass is 15.0. The van der Waals surface area contributed by atoms with Crippen molar-refractivity contribution in [2.75, 3.05) is 0 Å². The van der Waals surface area contributed by atoms with E-state index in [1.54, 1.807) is 6.20 Å². The van der Waals surface area contributed by atoms with Crippen LogP contribution in [0.2, 0.25) is 0 Å². The molecule has 0 radical (unpaired) electrons. The largest absolute Gasteiger partial charge is 0.405 e. The monoisotopic (exact) mass is 526 g/mol. The van der Waals surface area contributed by atoms with Crippen molar-refractivity contribution in [1.29, 1.82) is 0 Å². The smallest absolute Gasteiger partial charge is 0.0619 e. The highest BCUT2D eigenvalue weighted by Gasteiger charge is 2.16. The lowest BCUT2D eigenvalue weighted by atomic mass is 9.96. The molecule has 7 rings (SSSR count). The molecular weight excluding hydrogens is 496 g/mol. The number of rotatable bonds is 6. The predicted molar refractivity (Wildman–Crippen MR) is 175 cm³/mol. The van der Waals surface area contributed by atoms with Crippen LogP contribution in [0.4, 0.5) is 0 Å². The van der Waals surface area contributed by atoms with Crippen LogP contribution in [0.5, 0.6) is 0 Å². The molecule has 2 heteroatoms. The number of aromatic nitrogens is 1. The number of fused-ring (bicyclic) bond motifs is 5. The normalized spacial score (nSPS) is 11.9. The fourth-order valence-corrected chi connectivity index (χ4v) is 5.89.